The van der Waals surface area contributed by atoms with E-state index < -0.39 is 22.0 Å². The van der Waals surface area contributed by atoms with Crippen LogP contribution >= 0.6 is 23.2 Å². The van der Waals surface area contributed by atoms with E-state index in [2.05, 4.69) is 4.90 Å². The summed E-state index contributed by atoms with van der Waals surface area (Å²) < 4.78 is 32.1. The van der Waals surface area contributed by atoms with Crippen molar-refractivity contribution in [2.24, 2.45) is 0 Å². The molecule has 0 unspecified atom stereocenters. The van der Waals surface area contributed by atoms with Crippen LogP contribution in [0.5, 0.6) is 0 Å². The second-order valence-corrected chi connectivity index (χ2v) is 8.76. The predicted molar refractivity (Wildman–Crippen MR) is 90.8 cm³/mol. The van der Waals surface area contributed by atoms with Gasteiger partial charge < -0.3 is 4.74 Å². The smallest absolute Gasteiger partial charge is 0.324 e. The number of methoxy groups -OCH3 is 1. The Morgan fingerprint density at radius 3 is 2.33 bits per heavy atom. The molecule has 0 N–H and O–H groups in total. The topological polar surface area (TPSA) is 66.9 Å². The van der Waals surface area contributed by atoms with Crippen LogP contribution in [0.25, 0.3) is 0 Å². The first-order valence-electron chi connectivity index (χ1n) is 7.63. The Balaban J connectivity index is 1.95. The van der Waals surface area contributed by atoms with Crippen molar-refractivity contribution in [1.29, 1.82) is 0 Å². The molecule has 1 aromatic rings. The fraction of sp³-hybridized carbons (Fsp3) is 0.533. The van der Waals surface area contributed by atoms with Crippen LogP contribution in [0.4, 0.5) is 0 Å². The summed E-state index contributed by atoms with van der Waals surface area (Å²) in [5.41, 5.74) is 0. The number of benzene rings is 1. The van der Waals surface area contributed by atoms with E-state index in [1.165, 1.54) is 29.6 Å². The number of likely N-dealkylation sites (tertiary alicyclic amines) is 1. The maximum Gasteiger partial charge on any atom is 0.324 e. The largest absolute Gasteiger partial charge is 0.468 e. The van der Waals surface area contributed by atoms with Crippen molar-refractivity contribution in [2.75, 3.05) is 26.7 Å². The van der Waals surface area contributed by atoms with Gasteiger partial charge in [-0.05, 0) is 44.1 Å². The van der Waals surface area contributed by atoms with E-state index in [4.69, 9.17) is 27.9 Å². The lowest BCUT2D eigenvalue weighted by Gasteiger charge is -2.36. The number of carbonyl (C=O) groups is 1. The monoisotopic (exact) mass is 392 g/mol. The van der Waals surface area contributed by atoms with Crippen LogP contribution in [0.2, 0.25) is 10.0 Å². The van der Waals surface area contributed by atoms with E-state index in [9.17, 15) is 13.2 Å². The molecule has 0 aliphatic carbocycles. The molecule has 1 aromatic carbocycles. The number of ether oxygens (including phenoxy) is 1. The van der Waals surface area contributed by atoms with Crippen molar-refractivity contribution in [3.05, 3.63) is 28.2 Å². The van der Waals surface area contributed by atoms with Gasteiger partial charge in [0.2, 0.25) is 10.0 Å². The average Bonchev–Trinajstić information content (AvgIpc) is 2.89. The number of esters is 1. The summed E-state index contributed by atoms with van der Waals surface area (Å²) in [6.45, 7) is 2.11. The number of carbonyl (C=O) groups excluding carboxylic acids is 1. The third kappa shape index (κ3) is 3.28. The molecule has 2 aliphatic rings. The first kappa shape index (κ1) is 17.9. The number of sulfonamides is 1. The van der Waals surface area contributed by atoms with Crippen molar-refractivity contribution < 1.29 is 17.9 Å². The molecule has 6 nitrogen and oxygen atoms in total. The summed E-state index contributed by atoms with van der Waals surface area (Å²) in [6.07, 6.45) is 1.52. The van der Waals surface area contributed by atoms with E-state index in [1.807, 2.05) is 0 Å². The number of hydrogen-bond donors (Lipinski definition) is 0. The summed E-state index contributed by atoms with van der Waals surface area (Å²) in [5, 5.41) is 0.461. The van der Waals surface area contributed by atoms with Gasteiger partial charge in [0.1, 0.15) is 6.04 Å². The molecule has 9 heteroatoms. The molecule has 2 heterocycles. The SMILES string of the molecule is COC(=O)[C@@H]1C[C@@H](N2CCC2)CN1S(=O)(=O)c1cc(Cl)cc(Cl)c1. The Hall–Kier alpha value is -0.860. The van der Waals surface area contributed by atoms with Crippen molar-refractivity contribution in [3.8, 4) is 0 Å². The zero-order chi connectivity index (χ0) is 17.5. The van der Waals surface area contributed by atoms with Crippen molar-refractivity contribution in [3.63, 3.8) is 0 Å². The summed E-state index contributed by atoms with van der Waals surface area (Å²) in [7, 11) is -2.64. The molecule has 2 atom stereocenters. The van der Waals surface area contributed by atoms with Crippen LogP contribution in [-0.4, -0.2) is 62.4 Å². The van der Waals surface area contributed by atoms with Gasteiger partial charge in [-0.2, -0.15) is 4.31 Å². The van der Waals surface area contributed by atoms with Gasteiger partial charge in [0, 0.05) is 22.6 Å². The Labute approximate surface area is 151 Å². The maximum atomic E-state index is 13.0. The van der Waals surface area contributed by atoms with Gasteiger partial charge in [-0.15, -0.1) is 0 Å². The zero-order valence-corrected chi connectivity index (χ0v) is 15.4. The first-order chi connectivity index (χ1) is 11.3. The zero-order valence-electron chi connectivity index (χ0n) is 13.1. The molecule has 0 bridgehead atoms. The first-order valence-corrected chi connectivity index (χ1v) is 9.82. The Morgan fingerprint density at radius 1 is 1.21 bits per heavy atom. The van der Waals surface area contributed by atoms with Gasteiger partial charge in [-0.3, -0.25) is 9.69 Å². The second-order valence-electron chi connectivity index (χ2n) is 6.00. The lowest BCUT2D eigenvalue weighted by atomic mass is 10.1. The fourth-order valence-corrected chi connectivity index (χ4v) is 5.54. The highest BCUT2D eigenvalue weighted by atomic mass is 35.5. The van der Waals surface area contributed by atoms with Gasteiger partial charge in [0.05, 0.1) is 12.0 Å². The molecule has 0 spiro atoms. The molecule has 0 amide bonds. The molecule has 0 aromatic heterocycles. The van der Waals surface area contributed by atoms with Crippen LogP contribution in [0, 0.1) is 0 Å². The van der Waals surface area contributed by atoms with E-state index in [1.54, 1.807) is 0 Å². The van der Waals surface area contributed by atoms with Gasteiger partial charge in [0.15, 0.2) is 0 Å². The van der Waals surface area contributed by atoms with Crippen molar-refractivity contribution in [1.82, 2.24) is 9.21 Å². The molecular weight excluding hydrogens is 375 g/mol. The van der Waals surface area contributed by atoms with Gasteiger partial charge in [0.25, 0.3) is 0 Å². The Kier molecular flexibility index (Phi) is 5.09. The van der Waals surface area contributed by atoms with Crippen LogP contribution in [0.1, 0.15) is 12.8 Å². The number of halogens is 2. The third-order valence-corrected chi connectivity index (χ3v) is 6.85. The molecule has 0 radical (unpaired) electrons. The summed E-state index contributed by atoms with van der Waals surface area (Å²) in [6, 6.07) is 3.34. The van der Waals surface area contributed by atoms with Crippen LogP contribution in [0.3, 0.4) is 0 Å². The Morgan fingerprint density at radius 2 is 1.83 bits per heavy atom. The molecule has 24 heavy (non-hydrogen) atoms. The minimum absolute atomic E-state index is 0.0156. The highest BCUT2D eigenvalue weighted by molar-refractivity contribution is 7.89. The lowest BCUT2D eigenvalue weighted by Crippen LogP contribution is -2.46. The molecule has 2 fully saturated rings. The third-order valence-electron chi connectivity index (χ3n) is 4.56. The second kappa shape index (κ2) is 6.80. The molecule has 2 aliphatic heterocycles. The molecule has 0 saturated carbocycles. The highest BCUT2D eigenvalue weighted by Crippen LogP contribution is 2.33. The van der Waals surface area contributed by atoms with Crippen molar-refractivity contribution >= 4 is 39.2 Å². The Bertz CT molecular complexity index is 732. The number of hydrogen-bond acceptors (Lipinski definition) is 5. The maximum absolute atomic E-state index is 13.0. The molecule has 3 rings (SSSR count). The molecule has 2 saturated heterocycles. The van der Waals surface area contributed by atoms with E-state index >= 15 is 0 Å². The van der Waals surface area contributed by atoms with Crippen LogP contribution < -0.4 is 0 Å². The van der Waals surface area contributed by atoms with E-state index in [0.717, 1.165) is 19.5 Å². The summed E-state index contributed by atoms with van der Waals surface area (Å²) in [5.74, 6) is -0.547. The van der Waals surface area contributed by atoms with Crippen molar-refractivity contribution in [2.45, 2.75) is 29.8 Å². The normalized spacial score (nSPS) is 25.5. The average molecular weight is 393 g/mol. The number of nitrogens with zero attached hydrogens (tertiary/aromatic N) is 2. The fourth-order valence-electron chi connectivity index (χ4n) is 3.18. The number of rotatable bonds is 4. The quantitative estimate of drug-likeness (QED) is 0.733. The molecule has 132 valence electrons. The summed E-state index contributed by atoms with van der Waals surface area (Å²) >= 11 is 11.9. The van der Waals surface area contributed by atoms with Crippen LogP contribution in [-0.2, 0) is 19.6 Å². The predicted octanol–water partition coefficient (Wildman–Crippen LogP) is 2.00. The minimum atomic E-state index is -3.90. The highest BCUT2D eigenvalue weighted by Gasteiger charge is 2.47. The van der Waals surface area contributed by atoms with E-state index in [0.29, 0.717) is 6.42 Å². The van der Waals surface area contributed by atoms with Crippen LogP contribution in [0.15, 0.2) is 23.1 Å². The van der Waals surface area contributed by atoms with Gasteiger partial charge in [-0.1, -0.05) is 23.2 Å². The standard InChI is InChI=1S/C15H18Cl2N2O4S/c1-23-15(20)14-8-12(18-3-2-4-18)9-19(14)24(21,22)13-6-10(16)5-11(17)7-13/h5-7,12,14H,2-4,8-9H2,1H3/t12-,14+/m1/s1. The minimum Gasteiger partial charge on any atom is -0.468 e. The van der Waals surface area contributed by atoms with E-state index in [-0.39, 0.29) is 27.5 Å². The lowest BCUT2D eigenvalue weighted by molar-refractivity contribution is -0.144. The molecular formula is C15H18Cl2N2O4S. The summed E-state index contributed by atoms with van der Waals surface area (Å²) in [4.78, 5) is 14.3. The van der Waals surface area contributed by atoms with Gasteiger partial charge >= 0.3 is 5.97 Å². The van der Waals surface area contributed by atoms with Gasteiger partial charge in [-0.25, -0.2) is 8.42 Å².